The highest BCUT2D eigenvalue weighted by Gasteiger charge is 2.22. The Labute approximate surface area is 181 Å². The van der Waals surface area contributed by atoms with E-state index < -0.39 is 5.69 Å². The van der Waals surface area contributed by atoms with Crippen LogP contribution in [0.2, 0.25) is 0 Å². The molecule has 5 rings (SSSR count). The Balaban J connectivity index is 1.85. The fourth-order valence-corrected chi connectivity index (χ4v) is 3.71. The van der Waals surface area contributed by atoms with Gasteiger partial charge in [0.1, 0.15) is 12.0 Å². The first kappa shape index (κ1) is 19.6. The van der Waals surface area contributed by atoms with Crippen LogP contribution in [0.25, 0.3) is 28.0 Å². The number of nitrogens with zero attached hydrogens (tertiary/aromatic N) is 6. The molecule has 0 bridgehead atoms. The molecule has 0 radical (unpaired) electrons. The van der Waals surface area contributed by atoms with Gasteiger partial charge in [0.15, 0.2) is 12.0 Å². The summed E-state index contributed by atoms with van der Waals surface area (Å²) in [5.41, 5.74) is 10.6. The van der Waals surface area contributed by atoms with Crippen molar-refractivity contribution < 1.29 is 9.52 Å². The van der Waals surface area contributed by atoms with Gasteiger partial charge in [0.2, 0.25) is 5.95 Å². The number of rotatable bonds is 5. The lowest BCUT2D eigenvalue weighted by molar-refractivity contribution is 0.276. The zero-order valence-corrected chi connectivity index (χ0v) is 17.1. The van der Waals surface area contributed by atoms with Crippen LogP contribution in [0.1, 0.15) is 17.1 Å². The second kappa shape index (κ2) is 7.75. The number of anilines is 1. The number of aromatic nitrogens is 6. The van der Waals surface area contributed by atoms with Gasteiger partial charge in [-0.1, -0.05) is 30.3 Å². The van der Waals surface area contributed by atoms with Crippen LogP contribution in [-0.2, 0) is 13.2 Å². The number of aryl methyl sites for hydroxylation is 1. The number of hydrogen-bond donors (Lipinski definition) is 2. The fraction of sp³-hybridized carbons (Fsp3) is 0.136. The first-order valence-corrected chi connectivity index (χ1v) is 9.85. The molecule has 0 saturated heterocycles. The first-order chi connectivity index (χ1) is 15.5. The average molecular weight is 429 g/mol. The van der Waals surface area contributed by atoms with E-state index in [9.17, 15) is 9.90 Å². The molecule has 0 amide bonds. The minimum absolute atomic E-state index is 0.0205. The second-order valence-electron chi connectivity index (χ2n) is 7.29. The Morgan fingerprint density at radius 2 is 1.91 bits per heavy atom. The molecule has 0 atom stereocenters. The highest BCUT2D eigenvalue weighted by atomic mass is 16.3. The average Bonchev–Trinajstić information content (AvgIpc) is 3.42. The zero-order valence-electron chi connectivity index (χ0n) is 17.1. The highest BCUT2D eigenvalue weighted by Crippen LogP contribution is 2.34. The van der Waals surface area contributed by atoms with Crippen molar-refractivity contribution in [2.45, 2.75) is 20.1 Å². The van der Waals surface area contributed by atoms with Gasteiger partial charge in [-0.15, -0.1) is 5.10 Å². The van der Waals surface area contributed by atoms with E-state index in [2.05, 4.69) is 20.1 Å². The molecule has 1 aromatic carbocycles. The van der Waals surface area contributed by atoms with E-state index in [-0.39, 0.29) is 19.1 Å². The smallest absolute Gasteiger partial charge is 0.353 e. The van der Waals surface area contributed by atoms with Crippen molar-refractivity contribution in [1.29, 1.82) is 0 Å². The molecule has 0 aliphatic heterocycles. The molecule has 0 saturated carbocycles. The number of nitrogen functional groups attached to an aromatic ring is 1. The molecule has 4 aromatic heterocycles. The topological polar surface area (TPSA) is 137 Å². The zero-order chi connectivity index (χ0) is 22.2. The Kier molecular flexibility index (Phi) is 4.75. The molecule has 10 heteroatoms. The van der Waals surface area contributed by atoms with Crippen molar-refractivity contribution >= 4 is 11.6 Å². The molecule has 32 heavy (non-hydrogen) atoms. The van der Waals surface area contributed by atoms with Crippen LogP contribution in [-0.4, -0.2) is 34.2 Å². The van der Waals surface area contributed by atoms with Gasteiger partial charge < -0.3 is 15.3 Å². The number of nitrogens with two attached hydrogens (primary N) is 1. The maximum atomic E-state index is 13.1. The van der Waals surface area contributed by atoms with Crippen LogP contribution in [0, 0.1) is 6.92 Å². The largest absolute Gasteiger partial charge is 0.451 e. The number of aliphatic hydroxyl groups excluding tert-OH is 1. The highest BCUT2D eigenvalue weighted by molar-refractivity contribution is 5.90. The van der Waals surface area contributed by atoms with E-state index in [4.69, 9.17) is 10.2 Å². The Morgan fingerprint density at radius 1 is 1.09 bits per heavy atom. The van der Waals surface area contributed by atoms with Crippen molar-refractivity contribution in [1.82, 2.24) is 29.1 Å². The van der Waals surface area contributed by atoms with Gasteiger partial charge in [-0.05, 0) is 24.6 Å². The van der Waals surface area contributed by atoms with Crippen LogP contribution in [0.5, 0.6) is 0 Å². The van der Waals surface area contributed by atoms with E-state index in [0.29, 0.717) is 34.0 Å². The SMILES string of the molecule is Cc1cc(-c2c(-c3ccccc3)nc(N)n3c(=O)n(Cc4cocn4)nc23)cc(CO)n1. The summed E-state index contributed by atoms with van der Waals surface area (Å²) >= 11 is 0. The molecular formula is C22H19N7O3. The molecule has 0 unspecified atom stereocenters. The van der Waals surface area contributed by atoms with E-state index in [1.165, 1.54) is 21.7 Å². The summed E-state index contributed by atoms with van der Waals surface area (Å²) in [4.78, 5) is 26.1. The van der Waals surface area contributed by atoms with Crippen molar-refractivity contribution in [2.75, 3.05) is 5.73 Å². The van der Waals surface area contributed by atoms with Gasteiger partial charge in [0, 0.05) is 11.3 Å². The van der Waals surface area contributed by atoms with E-state index in [1.807, 2.05) is 43.3 Å². The van der Waals surface area contributed by atoms with Crippen molar-refractivity contribution in [2.24, 2.45) is 0 Å². The number of aliphatic hydroxyl groups is 1. The summed E-state index contributed by atoms with van der Waals surface area (Å²) in [6.45, 7) is 1.73. The summed E-state index contributed by atoms with van der Waals surface area (Å²) in [5.74, 6) is 0.0205. The van der Waals surface area contributed by atoms with Gasteiger partial charge in [-0.25, -0.2) is 23.8 Å². The number of benzene rings is 1. The summed E-state index contributed by atoms with van der Waals surface area (Å²) in [7, 11) is 0. The van der Waals surface area contributed by atoms with Crippen LogP contribution in [0.4, 0.5) is 5.95 Å². The summed E-state index contributed by atoms with van der Waals surface area (Å²) in [5, 5.41) is 14.3. The van der Waals surface area contributed by atoms with Crippen molar-refractivity contribution in [3.05, 3.63) is 82.7 Å². The normalized spacial score (nSPS) is 11.3. The standard InChI is InChI=1S/C22H19N7O3/c1-13-7-15(8-16(10-30)25-13)18-19(14-5-3-2-4-6-14)26-21(23)29-20(18)27-28(22(29)31)9-17-11-32-12-24-17/h2-8,11-12,30H,9-10H2,1H3,(H2,23,26). The third-order valence-corrected chi connectivity index (χ3v) is 5.05. The number of fused-ring (bicyclic) bond motifs is 1. The molecule has 0 aliphatic carbocycles. The monoisotopic (exact) mass is 429 g/mol. The lowest BCUT2D eigenvalue weighted by Crippen LogP contribution is -2.23. The summed E-state index contributed by atoms with van der Waals surface area (Å²) < 4.78 is 7.55. The fourth-order valence-electron chi connectivity index (χ4n) is 3.71. The molecule has 5 aromatic rings. The first-order valence-electron chi connectivity index (χ1n) is 9.85. The lowest BCUT2D eigenvalue weighted by Gasteiger charge is -2.13. The lowest BCUT2D eigenvalue weighted by atomic mass is 9.99. The Hall–Kier alpha value is -4.31. The molecular weight excluding hydrogens is 410 g/mol. The summed E-state index contributed by atoms with van der Waals surface area (Å²) in [6.07, 6.45) is 2.75. The van der Waals surface area contributed by atoms with Crippen LogP contribution in [0.15, 0.2) is 64.3 Å². The molecule has 10 nitrogen and oxygen atoms in total. The van der Waals surface area contributed by atoms with Gasteiger partial charge in [-0.2, -0.15) is 0 Å². The molecule has 3 N–H and O–H groups in total. The van der Waals surface area contributed by atoms with Crippen LogP contribution >= 0.6 is 0 Å². The number of pyridine rings is 1. The predicted octanol–water partition coefficient (Wildman–Crippen LogP) is 2.04. The molecule has 160 valence electrons. The second-order valence-corrected chi connectivity index (χ2v) is 7.29. The Morgan fingerprint density at radius 3 is 2.62 bits per heavy atom. The molecule has 4 heterocycles. The third-order valence-electron chi connectivity index (χ3n) is 5.05. The van der Waals surface area contributed by atoms with Crippen LogP contribution < -0.4 is 11.4 Å². The van der Waals surface area contributed by atoms with E-state index >= 15 is 0 Å². The van der Waals surface area contributed by atoms with Gasteiger partial charge >= 0.3 is 5.69 Å². The quantitative estimate of drug-likeness (QED) is 0.433. The van der Waals surface area contributed by atoms with E-state index in [1.54, 1.807) is 6.07 Å². The summed E-state index contributed by atoms with van der Waals surface area (Å²) in [6, 6.07) is 13.1. The van der Waals surface area contributed by atoms with Crippen molar-refractivity contribution in [3.63, 3.8) is 0 Å². The third kappa shape index (κ3) is 3.32. The number of hydrogen-bond acceptors (Lipinski definition) is 8. The maximum Gasteiger partial charge on any atom is 0.353 e. The van der Waals surface area contributed by atoms with Crippen LogP contribution in [0.3, 0.4) is 0 Å². The van der Waals surface area contributed by atoms with Crippen molar-refractivity contribution in [3.8, 4) is 22.4 Å². The number of oxazole rings is 1. The predicted molar refractivity (Wildman–Crippen MR) is 117 cm³/mol. The molecule has 0 fully saturated rings. The minimum Gasteiger partial charge on any atom is -0.451 e. The molecule has 0 spiro atoms. The van der Waals surface area contributed by atoms with Gasteiger partial charge in [0.05, 0.1) is 30.1 Å². The minimum atomic E-state index is -0.443. The van der Waals surface area contributed by atoms with E-state index in [0.717, 1.165) is 11.1 Å². The molecule has 0 aliphatic rings. The van der Waals surface area contributed by atoms with Gasteiger partial charge in [0.25, 0.3) is 0 Å². The maximum absolute atomic E-state index is 13.1. The van der Waals surface area contributed by atoms with Gasteiger partial charge in [-0.3, -0.25) is 4.98 Å². The Bertz CT molecular complexity index is 1470.